The highest BCUT2D eigenvalue weighted by atomic mass is 16.5. The number of para-hydroxylation sites is 1. The lowest BCUT2D eigenvalue weighted by molar-refractivity contribution is 0.139. The summed E-state index contributed by atoms with van der Waals surface area (Å²) in [6.45, 7) is 8.04. The molecule has 0 unspecified atom stereocenters. The Morgan fingerprint density at radius 3 is 2.57 bits per heavy atom. The molecule has 0 saturated carbocycles. The lowest BCUT2D eigenvalue weighted by Gasteiger charge is -2.39. The largest absolute Gasteiger partial charge is 0.485 e. The molecule has 2 heterocycles. The highest BCUT2D eigenvalue weighted by Crippen LogP contribution is 2.44. The van der Waals surface area contributed by atoms with E-state index in [-0.39, 0.29) is 11.6 Å². The molecule has 3 rings (SSSR count). The molecular weight excluding hydrogens is 266 g/mol. The molecule has 0 spiro atoms. The van der Waals surface area contributed by atoms with Crippen LogP contribution >= 0.6 is 0 Å². The zero-order chi connectivity index (χ0) is 15.4. The van der Waals surface area contributed by atoms with E-state index in [1.54, 1.807) is 0 Å². The van der Waals surface area contributed by atoms with Crippen molar-refractivity contribution in [1.29, 1.82) is 0 Å². The third kappa shape index (κ3) is 2.20. The van der Waals surface area contributed by atoms with Crippen molar-refractivity contribution in [1.82, 2.24) is 0 Å². The number of nitrogens with zero attached hydrogens (tertiary/aromatic N) is 3. The van der Waals surface area contributed by atoms with Gasteiger partial charge in [0.2, 0.25) is 11.9 Å². The first-order chi connectivity index (χ1) is 9.70. The number of anilines is 1. The van der Waals surface area contributed by atoms with Crippen molar-refractivity contribution >= 4 is 17.6 Å². The Morgan fingerprint density at radius 2 is 1.90 bits per heavy atom. The van der Waals surface area contributed by atoms with Crippen LogP contribution in [-0.4, -0.2) is 23.2 Å². The van der Waals surface area contributed by atoms with E-state index in [2.05, 4.69) is 29.9 Å². The van der Waals surface area contributed by atoms with E-state index in [9.17, 15) is 0 Å². The van der Waals surface area contributed by atoms with Crippen molar-refractivity contribution in [2.75, 3.05) is 4.90 Å². The third-order valence-corrected chi connectivity index (χ3v) is 3.70. The Bertz CT molecular complexity index is 660. The number of hydrogen-bond donors (Lipinski definition) is 2. The molecule has 0 bridgehead atoms. The van der Waals surface area contributed by atoms with Gasteiger partial charge in [-0.1, -0.05) is 12.1 Å². The predicted molar refractivity (Wildman–Crippen MR) is 84.7 cm³/mol. The number of aliphatic imine (C=N–C) groups is 2. The molecule has 2 aliphatic heterocycles. The van der Waals surface area contributed by atoms with Gasteiger partial charge in [-0.2, -0.15) is 4.99 Å². The summed E-state index contributed by atoms with van der Waals surface area (Å²) < 4.78 is 6.12. The minimum absolute atomic E-state index is 0.197. The van der Waals surface area contributed by atoms with Crippen molar-refractivity contribution in [2.24, 2.45) is 21.5 Å². The van der Waals surface area contributed by atoms with Crippen LogP contribution in [0.1, 0.15) is 33.3 Å². The van der Waals surface area contributed by atoms with Gasteiger partial charge in [-0.25, -0.2) is 4.99 Å². The van der Waals surface area contributed by atoms with Crippen molar-refractivity contribution < 1.29 is 4.74 Å². The van der Waals surface area contributed by atoms with Crippen molar-refractivity contribution in [2.45, 2.75) is 45.4 Å². The summed E-state index contributed by atoms with van der Waals surface area (Å²) in [4.78, 5) is 10.3. The fourth-order valence-corrected chi connectivity index (χ4v) is 3.00. The minimum atomic E-state index is -0.610. The monoisotopic (exact) mass is 287 g/mol. The van der Waals surface area contributed by atoms with Crippen LogP contribution < -0.4 is 21.1 Å². The minimum Gasteiger partial charge on any atom is -0.485 e. The van der Waals surface area contributed by atoms with E-state index in [0.29, 0.717) is 5.96 Å². The molecule has 1 aromatic rings. The second-order valence-electron chi connectivity index (χ2n) is 6.57. The molecule has 0 aromatic heterocycles. The summed E-state index contributed by atoms with van der Waals surface area (Å²) in [6, 6.07) is 6.06. The molecule has 1 aromatic carbocycles. The van der Waals surface area contributed by atoms with Gasteiger partial charge < -0.3 is 16.2 Å². The van der Waals surface area contributed by atoms with Gasteiger partial charge in [0.05, 0.1) is 5.69 Å². The first-order valence-electron chi connectivity index (χ1n) is 7.00. The third-order valence-electron chi connectivity index (χ3n) is 3.70. The summed E-state index contributed by atoms with van der Waals surface area (Å²) in [5.41, 5.74) is 13.0. The average Bonchev–Trinajstić information content (AvgIpc) is 2.61. The summed E-state index contributed by atoms with van der Waals surface area (Å²) in [6.07, 6.45) is 0.868. The Balaban J connectivity index is 2.12. The second-order valence-corrected chi connectivity index (χ2v) is 6.57. The first-order valence-corrected chi connectivity index (χ1v) is 7.00. The maximum Gasteiger partial charge on any atom is 0.220 e. The van der Waals surface area contributed by atoms with Crippen molar-refractivity contribution in [3.05, 3.63) is 23.8 Å². The molecule has 0 aliphatic carbocycles. The van der Waals surface area contributed by atoms with Gasteiger partial charge in [-0.15, -0.1) is 0 Å². The molecule has 0 fully saturated rings. The van der Waals surface area contributed by atoms with Gasteiger partial charge in [0.25, 0.3) is 0 Å². The fraction of sp³-hybridized carbons (Fsp3) is 0.467. The second kappa shape index (κ2) is 4.13. The molecule has 0 atom stereocenters. The molecule has 21 heavy (non-hydrogen) atoms. The van der Waals surface area contributed by atoms with Crippen LogP contribution in [0.4, 0.5) is 5.69 Å². The zero-order valence-electron chi connectivity index (χ0n) is 12.8. The maximum atomic E-state index is 6.12. The highest BCUT2D eigenvalue weighted by molar-refractivity contribution is 6.06. The molecular formula is C15H21N5O. The van der Waals surface area contributed by atoms with Gasteiger partial charge >= 0.3 is 0 Å². The van der Waals surface area contributed by atoms with E-state index < -0.39 is 5.66 Å². The molecule has 0 amide bonds. The molecule has 2 aliphatic rings. The van der Waals surface area contributed by atoms with E-state index in [0.717, 1.165) is 17.9 Å². The number of ether oxygens (including phenoxy) is 1. The Morgan fingerprint density at radius 1 is 1.19 bits per heavy atom. The first kappa shape index (κ1) is 13.7. The standard InChI is InChI=1S/C15H21N5O/c1-14(2)8-9-6-5-7-10(11(9)21-14)20-13(17)18-12(16)19-15(20,3)4/h5-7H,8H2,1-4H3,(H4,16,17,18,19). The number of nitrogens with two attached hydrogens (primary N) is 2. The van der Waals surface area contributed by atoms with Gasteiger partial charge in [0.1, 0.15) is 17.0 Å². The average molecular weight is 287 g/mol. The highest BCUT2D eigenvalue weighted by Gasteiger charge is 2.39. The normalized spacial score (nSPS) is 22.2. The topological polar surface area (TPSA) is 89.2 Å². The molecule has 0 radical (unpaired) electrons. The smallest absolute Gasteiger partial charge is 0.220 e. The van der Waals surface area contributed by atoms with Gasteiger partial charge in [-0.3, -0.25) is 4.90 Å². The quantitative estimate of drug-likeness (QED) is 0.820. The summed E-state index contributed by atoms with van der Waals surface area (Å²) in [7, 11) is 0. The van der Waals surface area contributed by atoms with Crippen LogP contribution in [0.2, 0.25) is 0 Å². The molecule has 6 nitrogen and oxygen atoms in total. The fourth-order valence-electron chi connectivity index (χ4n) is 3.00. The van der Waals surface area contributed by atoms with Crippen LogP contribution in [0, 0.1) is 0 Å². The summed E-state index contributed by atoms with van der Waals surface area (Å²) in [5, 5.41) is 0. The number of guanidine groups is 2. The van der Waals surface area contributed by atoms with E-state index in [4.69, 9.17) is 16.2 Å². The van der Waals surface area contributed by atoms with E-state index in [1.165, 1.54) is 5.56 Å². The molecule has 4 N–H and O–H groups in total. The summed E-state index contributed by atoms with van der Waals surface area (Å²) in [5.74, 6) is 1.38. The Kier molecular flexibility index (Phi) is 2.70. The van der Waals surface area contributed by atoms with Gasteiger partial charge in [0, 0.05) is 12.0 Å². The summed E-state index contributed by atoms with van der Waals surface area (Å²) >= 11 is 0. The van der Waals surface area contributed by atoms with Crippen molar-refractivity contribution in [3.63, 3.8) is 0 Å². The maximum absolute atomic E-state index is 6.12. The van der Waals surface area contributed by atoms with E-state index >= 15 is 0 Å². The van der Waals surface area contributed by atoms with Crippen LogP contribution in [-0.2, 0) is 6.42 Å². The molecule has 0 saturated heterocycles. The number of benzene rings is 1. The van der Waals surface area contributed by atoms with Crippen LogP contribution in [0.3, 0.4) is 0 Å². The lowest BCUT2D eigenvalue weighted by atomic mass is 10.0. The molecule has 6 heteroatoms. The Labute approximate surface area is 124 Å². The zero-order valence-corrected chi connectivity index (χ0v) is 12.8. The number of fused-ring (bicyclic) bond motifs is 1. The van der Waals surface area contributed by atoms with Crippen LogP contribution in [0.5, 0.6) is 5.75 Å². The SMILES string of the molecule is CC1(C)Cc2cccc(N3C(N)=NC(N)=NC3(C)C)c2O1. The van der Waals surface area contributed by atoms with Crippen molar-refractivity contribution in [3.8, 4) is 5.75 Å². The number of hydrogen-bond acceptors (Lipinski definition) is 6. The van der Waals surface area contributed by atoms with E-state index in [1.807, 2.05) is 30.9 Å². The molecule has 112 valence electrons. The van der Waals surface area contributed by atoms with Crippen LogP contribution in [0.25, 0.3) is 0 Å². The van der Waals surface area contributed by atoms with Gasteiger partial charge in [-0.05, 0) is 33.8 Å². The predicted octanol–water partition coefficient (Wildman–Crippen LogP) is 1.59. The Hall–Kier alpha value is -2.24. The number of rotatable bonds is 1. The lowest BCUT2D eigenvalue weighted by Crippen LogP contribution is -2.54. The van der Waals surface area contributed by atoms with Gasteiger partial charge in [0.15, 0.2) is 0 Å². The van der Waals surface area contributed by atoms with Crippen LogP contribution in [0.15, 0.2) is 28.2 Å².